The van der Waals surface area contributed by atoms with E-state index >= 15 is 0 Å². The third-order valence-electron chi connectivity index (χ3n) is 1.98. The van der Waals surface area contributed by atoms with Gasteiger partial charge >= 0.3 is 6.18 Å². The SMILES string of the molecule is CC(C)CC(O)CNC(C)CC(F)(F)F. The Morgan fingerprint density at radius 2 is 1.73 bits per heavy atom. The van der Waals surface area contributed by atoms with E-state index in [1.54, 1.807) is 0 Å². The Balaban J connectivity index is 3.66. The van der Waals surface area contributed by atoms with E-state index in [2.05, 4.69) is 5.32 Å². The summed E-state index contributed by atoms with van der Waals surface area (Å²) in [6, 6.07) is -0.646. The predicted octanol–water partition coefficient (Wildman–Crippen LogP) is 2.32. The molecule has 92 valence electrons. The first-order valence-electron chi connectivity index (χ1n) is 5.19. The van der Waals surface area contributed by atoms with Gasteiger partial charge in [-0.3, -0.25) is 0 Å². The van der Waals surface area contributed by atoms with Gasteiger partial charge in [0.2, 0.25) is 0 Å². The molecule has 0 fully saturated rings. The molecule has 2 N–H and O–H groups in total. The molecular formula is C10H20F3NO. The van der Waals surface area contributed by atoms with E-state index in [9.17, 15) is 18.3 Å². The lowest BCUT2D eigenvalue weighted by molar-refractivity contribution is -0.139. The van der Waals surface area contributed by atoms with Gasteiger partial charge < -0.3 is 10.4 Å². The quantitative estimate of drug-likeness (QED) is 0.730. The largest absolute Gasteiger partial charge is 0.392 e. The van der Waals surface area contributed by atoms with Gasteiger partial charge in [-0.05, 0) is 19.3 Å². The Bertz CT molecular complexity index is 171. The number of aliphatic hydroxyl groups excluding tert-OH is 1. The minimum Gasteiger partial charge on any atom is -0.392 e. The first-order valence-corrected chi connectivity index (χ1v) is 5.19. The summed E-state index contributed by atoms with van der Waals surface area (Å²) in [5, 5.41) is 12.1. The molecule has 0 heterocycles. The van der Waals surface area contributed by atoms with Crippen LogP contribution in [0.5, 0.6) is 0 Å². The van der Waals surface area contributed by atoms with E-state index < -0.39 is 24.7 Å². The Labute approximate surface area is 88.9 Å². The van der Waals surface area contributed by atoms with Crippen molar-refractivity contribution < 1.29 is 18.3 Å². The topological polar surface area (TPSA) is 32.3 Å². The highest BCUT2D eigenvalue weighted by molar-refractivity contribution is 4.69. The molecule has 2 unspecified atom stereocenters. The van der Waals surface area contributed by atoms with Gasteiger partial charge in [-0.25, -0.2) is 0 Å². The number of alkyl halides is 3. The molecule has 0 radical (unpaired) electrons. The third-order valence-corrected chi connectivity index (χ3v) is 1.98. The van der Waals surface area contributed by atoms with Gasteiger partial charge in [0.25, 0.3) is 0 Å². The molecular weight excluding hydrogens is 207 g/mol. The molecule has 5 heteroatoms. The number of aliphatic hydroxyl groups is 1. The molecule has 0 saturated carbocycles. The van der Waals surface area contributed by atoms with Crippen molar-refractivity contribution in [2.24, 2.45) is 5.92 Å². The number of nitrogens with one attached hydrogen (secondary N) is 1. The zero-order valence-corrected chi connectivity index (χ0v) is 9.43. The third kappa shape index (κ3) is 10.0. The fraction of sp³-hybridized carbons (Fsp3) is 1.00. The summed E-state index contributed by atoms with van der Waals surface area (Å²) in [4.78, 5) is 0. The number of hydrogen-bond donors (Lipinski definition) is 2. The van der Waals surface area contributed by atoms with Crippen LogP contribution < -0.4 is 5.32 Å². The van der Waals surface area contributed by atoms with Crippen molar-refractivity contribution in [2.45, 2.75) is 51.9 Å². The monoisotopic (exact) mass is 227 g/mol. The Kier molecular flexibility index (Phi) is 6.20. The summed E-state index contributed by atoms with van der Waals surface area (Å²) in [5.74, 6) is 0.347. The van der Waals surface area contributed by atoms with Crippen molar-refractivity contribution in [3.05, 3.63) is 0 Å². The van der Waals surface area contributed by atoms with Crippen molar-refractivity contribution >= 4 is 0 Å². The highest BCUT2D eigenvalue weighted by Gasteiger charge is 2.29. The van der Waals surface area contributed by atoms with Crippen LogP contribution in [-0.2, 0) is 0 Å². The van der Waals surface area contributed by atoms with Gasteiger partial charge in [-0.15, -0.1) is 0 Å². The second-order valence-corrected chi connectivity index (χ2v) is 4.41. The number of halogens is 3. The highest BCUT2D eigenvalue weighted by atomic mass is 19.4. The van der Waals surface area contributed by atoms with Crippen LogP contribution in [-0.4, -0.2) is 30.0 Å². The second-order valence-electron chi connectivity index (χ2n) is 4.41. The van der Waals surface area contributed by atoms with E-state index in [-0.39, 0.29) is 6.54 Å². The van der Waals surface area contributed by atoms with Crippen molar-refractivity contribution in [1.29, 1.82) is 0 Å². The predicted molar refractivity (Wildman–Crippen MR) is 53.6 cm³/mol. The molecule has 0 aromatic heterocycles. The van der Waals surface area contributed by atoms with E-state index in [0.29, 0.717) is 12.3 Å². The Morgan fingerprint density at radius 3 is 2.13 bits per heavy atom. The molecule has 0 spiro atoms. The van der Waals surface area contributed by atoms with Crippen molar-refractivity contribution in [1.82, 2.24) is 5.32 Å². The van der Waals surface area contributed by atoms with Crippen LogP contribution in [0.3, 0.4) is 0 Å². The summed E-state index contributed by atoms with van der Waals surface area (Å²) in [5.41, 5.74) is 0. The van der Waals surface area contributed by atoms with Crippen LogP contribution in [0.2, 0.25) is 0 Å². The maximum atomic E-state index is 11.9. The van der Waals surface area contributed by atoms with Gasteiger partial charge in [0.1, 0.15) is 0 Å². The van der Waals surface area contributed by atoms with Crippen LogP contribution in [0.1, 0.15) is 33.6 Å². The summed E-state index contributed by atoms with van der Waals surface area (Å²) in [6.07, 6.45) is -4.97. The van der Waals surface area contributed by atoms with Gasteiger partial charge in [0, 0.05) is 12.6 Å². The van der Waals surface area contributed by atoms with Crippen molar-refractivity contribution in [2.75, 3.05) is 6.54 Å². The van der Waals surface area contributed by atoms with E-state index in [0.717, 1.165) is 0 Å². The maximum absolute atomic E-state index is 11.9. The lowest BCUT2D eigenvalue weighted by Crippen LogP contribution is -2.37. The van der Waals surface area contributed by atoms with E-state index in [4.69, 9.17) is 0 Å². The highest BCUT2D eigenvalue weighted by Crippen LogP contribution is 2.21. The van der Waals surface area contributed by atoms with Crippen LogP contribution in [0.4, 0.5) is 13.2 Å². The second kappa shape index (κ2) is 6.33. The molecule has 15 heavy (non-hydrogen) atoms. The van der Waals surface area contributed by atoms with E-state index in [1.807, 2.05) is 13.8 Å². The van der Waals surface area contributed by atoms with Gasteiger partial charge in [0.05, 0.1) is 12.5 Å². The smallest absolute Gasteiger partial charge is 0.390 e. The fourth-order valence-electron chi connectivity index (χ4n) is 1.38. The molecule has 0 amide bonds. The lowest BCUT2D eigenvalue weighted by Gasteiger charge is -2.19. The average Bonchev–Trinajstić information content (AvgIpc) is 1.96. The molecule has 0 bridgehead atoms. The first-order chi connectivity index (χ1) is 6.70. The molecule has 0 aromatic carbocycles. The zero-order valence-electron chi connectivity index (χ0n) is 9.43. The normalized spacial score (nSPS) is 16.8. The summed E-state index contributed by atoms with van der Waals surface area (Å²) < 4.78 is 35.8. The minimum atomic E-state index is -4.14. The molecule has 2 atom stereocenters. The Morgan fingerprint density at radius 1 is 1.20 bits per heavy atom. The fourth-order valence-corrected chi connectivity index (χ4v) is 1.38. The molecule has 2 nitrogen and oxygen atoms in total. The van der Waals surface area contributed by atoms with Crippen LogP contribution in [0.25, 0.3) is 0 Å². The van der Waals surface area contributed by atoms with Gasteiger partial charge in [0.15, 0.2) is 0 Å². The van der Waals surface area contributed by atoms with Crippen LogP contribution in [0.15, 0.2) is 0 Å². The maximum Gasteiger partial charge on any atom is 0.390 e. The average molecular weight is 227 g/mol. The standard InChI is InChI=1S/C10H20F3NO/c1-7(2)4-9(15)6-14-8(3)5-10(11,12)13/h7-9,14-15H,4-6H2,1-3H3. The summed E-state index contributed by atoms with van der Waals surface area (Å²) >= 11 is 0. The minimum absolute atomic E-state index is 0.218. The van der Waals surface area contributed by atoms with Gasteiger partial charge in [-0.1, -0.05) is 13.8 Å². The summed E-state index contributed by atoms with van der Waals surface area (Å²) in [7, 11) is 0. The van der Waals surface area contributed by atoms with Crippen LogP contribution in [0, 0.1) is 5.92 Å². The molecule has 0 aliphatic carbocycles. The Hall–Kier alpha value is -0.290. The van der Waals surface area contributed by atoms with Crippen molar-refractivity contribution in [3.8, 4) is 0 Å². The van der Waals surface area contributed by atoms with E-state index in [1.165, 1.54) is 6.92 Å². The molecule has 0 aliphatic heterocycles. The zero-order chi connectivity index (χ0) is 12.1. The summed E-state index contributed by atoms with van der Waals surface area (Å²) in [6.45, 7) is 5.61. The van der Waals surface area contributed by atoms with Crippen LogP contribution >= 0.6 is 0 Å². The van der Waals surface area contributed by atoms with Crippen molar-refractivity contribution in [3.63, 3.8) is 0 Å². The number of hydrogen-bond acceptors (Lipinski definition) is 2. The molecule has 0 saturated heterocycles. The van der Waals surface area contributed by atoms with Gasteiger partial charge in [-0.2, -0.15) is 13.2 Å². The first kappa shape index (κ1) is 14.7. The lowest BCUT2D eigenvalue weighted by atomic mass is 10.1. The molecule has 0 aromatic rings. The number of rotatable bonds is 6. The molecule has 0 aliphatic rings. The molecule has 0 rings (SSSR count).